The number of carbonyl (C=O) groups is 1. The lowest BCUT2D eigenvalue weighted by Crippen LogP contribution is -2.08. The summed E-state index contributed by atoms with van der Waals surface area (Å²) in [6.45, 7) is 9.84. The quantitative estimate of drug-likeness (QED) is 0.844. The monoisotopic (exact) mass is 294 g/mol. The van der Waals surface area contributed by atoms with Gasteiger partial charge in [-0.1, -0.05) is 0 Å². The first-order valence-corrected chi connectivity index (χ1v) is 7.79. The highest BCUT2D eigenvalue weighted by atomic mass is 32.1. The first-order chi connectivity index (χ1) is 8.90. The molecule has 0 saturated carbocycles. The molecule has 1 atom stereocenters. The minimum Gasteiger partial charge on any atom is -0.368 e. The summed E-state index contributed by atoms with van der Waals surface area (Å²) in [5.74, 6) is 0.0687. The van der Waals surface area contributed by atoms with E-state index in [4.69, 9.17) is 0 Å². The van der Waals surface area contributed by atoms with Crippen LogP contribution in [0.15, 0.2) is 6.07 Å². The van der Waals surface area contributed by atoms with Crippen LogP contribution in [0.25, 0.3) is 0 Å². The molecule has 0 aromatic carbocycles. The van der Waals surface area contributed by atoms with E-state index in [1.165, 1.54) is 26.9 Å². The van der Waals surface area contributed by atoms with E-state index in [-0.39, 0.29) is 11.8 Å². The molecule has 2 aromatic rings. The van der Waals surface area contributed by atoms with Crippen molar-refractivity contribution < 1.29 is 4.79 Å². The van der Waals surface area contributed by atoms with Gasteiger partial charge in [0.1, 0.15) is 5.00 Å². The predicted octanol–water partition coefficient (Wildman–Crippen LogP) is 4.51. The van der Waals surface area contributed by atoms with Gasteiger partial charge in [0.05, 0.1) is 17.3 Å². The minimum absolute atomic E-state index is 0.0687. The molecule has 2 heterocycles. The lowest BCUT2D eigenvalue weighted by molar-refractivity contribution is 0.101. The van der Waals surface area contributed by atoms with Crippen molar-refractivity contribution in [3.05, 3.63) is 32.6 Å². The van der Waals surface area contributed by atoms with E-state index in [1.807, 2.05) is 6.92 Å². The largest absolute Gasteiger partial charge is 0.368 e. The van der Waals surface area contributed by atoms with Crippen LogP contribution in [0, 0.1) is 20.8 Å². The van der Waals surface area contributed by atoms with E-state index >= 15 is 0 Å². The zero-order chi connectivity index (χ0) is 14.2. The third kappa shape index (κ3) is 2.87. The number of ketones is 1. The molecule has 102 valence electrons. The Bertz CT molecular complexity index is 613. The summed E-state index contributed by atoms with van der Waals surface area (Å²) < 4.78 is 4.27. The number of aryl methyl sites for hydroxylation is 3. The van der Waals surface area contributed by atoms with E-state index in [0.717, 1.165) is 16.3 Å². The molecule has 1 unspecified atom stereocenters. The summed E-state index contributed by atoms with van der Waals surface area (Å²) in [4.78, 5) is 14.3. The number of Topliss-reactive ketones (excluding diaryl/α,β-unsaturated/α-hetero) is 1. The number of nitrogens with one attached hydrogen (secondary N) is 1. The lowest BCUT2D eigenvalue weighted by Gasteiger charge is -2.14. The standard InChI is InChI=1S/C14H18N2OS2/c1-7-6-12(11(5)18-7)8(2)15-14-13(10(4)17)9(3)16-19-14/h6,8,15H,1-5H3. The molecular weight excluding hydrogens is 276 g/mol. The van der Waals surface area contributed by atoms with Crippen LogP contribution in [0.2, 0.25) is 0 Å². The molecule has 0 fully saturated rings. The minimum atomic E-state index is 0.0687. The molecule has 5 heteroatoms. The number of nitrogens with zero attached hydrogens (tertiary/aromatic N) is 1. The van der Waals surface area contributed by atoms with Crippen molar-refractivity contribution in [3.8, 4) is 0 Å². The lowest BCUT2D eigenvalue weighted by atomic mass is 10.1. The number of hydrogen-bond donors (Lipinski definition) is 1. The van der Waals surface area contributed by atoms with E-state index in [2.05, 4.69) is 36.5 Å². The molecule has 3 nitrogen and oxygen atoms in total. The van der Waals surface area contributed by atoms with Crippen molar-refractivity contribution in [2.45, 2.75) is 40.7 Å². The number of anilines is 1. The van der Waals surface area contributed by atoms with Gasteiger partial charge < -0.3 is 5.32 Å². The maximum Gasteiger partial charge on any atom is 0.164 e. The fourth-order valence-corrected chi connectivity index (χ4v) is 4.19. The smallest absolute Gasteiger partial charge is 0.164 e. The highest BCUT2D eigenvalue weighted by Gasteiger charge is 2.18. The summed E-state index contributed by atoms with van der Waals surface area (Å²) in [6.07, 6.45) is 0. The van der Waals surface area contributed by atoms with Crippen LogP contribution in [0.3, 0.4) is 0 Å². The molecule has 1 N–H and O–H groups in total. The average molecular weight is 294 g/mol. The predicted molar refractivity (Wildman–Crippen MR) is 82.7 cm³/mol. The molecule has 0 radical (unpaired) electrons. The number of thiophene rings is 1. The zero-order valence-electron chi connectivity index (χ0n) is 11.8. The van der Waals surface area contributed by atoms with Crippen LogP contribution in [-0.4, -0.2) is 10.2 Å². The molecule has 2 rings (SSSR count). The SMILES string of the molecule is CC(=O)c1c(C)nsc1NC(C)c1cc(C)sc1C. The fourth-order valence-electron chi connectivity index (χ4n) is 2.24. The molecule has 0 aliphatic carbocycles. The Morgan fingerprint density at radius 2 is 2.05 bits per heavy atom. The number of carbonyl (C=O) groups excluding carboxylic acids is 1. The Morgan fingerprint density at radius 1 is 1.37 bits per heavy atom. The Balaban J connectivity index is 2.27. The summed E-state index contributed by atoms with van der Waals surface area (Å²) in [5, 5.41) is 4.30. The molecule has 0 amide bonds. The molecule has 0 aliphatic rings. The van der Waals surface area contributed by atoms with Crippen LogP contribution in [0.4, 0.5) is 5.00 Å². The normalized spacial score (nSPS) is 12.5. The summed E-state index contributed by atoms with van der Waals surface area (Å²) in [6, 6.07) is 2.39. The van der Waals surface area contributed by atoms with E-state index in [9.17, 15) is 4.79 Å². The first-order valence-electron chi connectivity index (χ1n) is 6.20. The van der Waals surface area contributed by atoms with Crippen molar-refractivity contribution in [1.82, 2.24) is 4.37 Å². The Hall–Kier alpha value is -1.20. The summed E-state index contributed by atoms with van der Waals surface area (Å²) >= 11 is 3.17. The second-order valence-corrected chi connectivity index (χ2v) is 7.00. The van der Waals surface area contributed by atoms with Gasteiger partial charge in [-0.3, -0.25) is 4.79 Å². The van der Waals surface area contributed by atoms with Crippen LogP contribution >= 0.6 is 22.9 Å². The Morgan fingerprint density at radius 3 is 2.58 bits per heavy atom. The molecule has 19 heavy (non-hydrogen) atoms. The Labute approximate surface area is 121 Å². The zero-order valence-corrected chi connectivity index (χ0v) is 13.5. The van der Waals surface area contributed by atoms with Gasteiger partial charge in [-0.25, -0.2) is 0 Å². The topological polar surface area (TPSA) is 42.0 Å². The van der Waals surface area contributed by atoms with Gasteiger partial charge in [0.25, 0.3) is 0 Å². The molecule has 0 saturated heterocycles. The molecule has 2 aromatic heterocycles. The summed E-state index contributed by atoms with van der Waals surface area (Å²) in [7, 11) is 0. The summed E-state index contributed by atoms with van der Waals surface area (Å²) in [5.41, 5.74) is 2.83. The number of aromatic nitrogens is 1. The second kappa shape index (κ2) is 5.43. The van der Waals surface area contributed by atoms with E-state index in [0.29, 0.717) is 0 Å². The van der Waals surface area contributed by atoms with Gasteiger partial charge >= 0.3 is 0 Å². The van der Waals surface area contributed by atoms with Crippen LogP contribution in [0.1, 0.15) is 51.3 Å². The number of rotatable bonds is 4. The molecule has 0 aliphatic heterocycles. The highest BCUT2D eigenvalue weighted by molar-refractivity contribution is 7.12. The van der Waals surface area contributed by atoms with Gasteiger partial charge in [0.2, 0.25) is 0 Å². The molecular formula is C14H18N2OS2. The van der Waals surface area contributed by atoms with Crippen molar-refractivity contribution in [2.75, 3.05) is 5.32 Å². The maximum atomic E-state index is 11.7. The second-order valence-electron chi connectivity index (χ2n) is 4.76. The fraction of sp³-hybridized carbons (Fsp3) is 0.429. The first kappa shape index (κ1) is 14.2. The highest BCUT2D eigenvalue weighted by Crippen LogP contribution is 2.32. The van der Waals surface area contributed by atoms with Crippen LogP contribution in [-0.2, 0) is 0 Å². The van der Waals surface area contributed by atoms with Crippen LogP contribution < -0.4 is 5.32 Å². The van der Waals surface area contributed by atoms with Crippen molar-refractivity contribution in [2.24, 2.45) is 0 Å². The third-order valence-electron chi connectivity index (χ3n) is 3.11. The average Bonchev–Trinajstić information content (AvgIpc) is 2.82. The molecule has 0 spiro atoms. The third-order valence-corrected chi connectivity index (χ3v) is 4.96. The van der Waals surface area contributed by atoms with E-state index in [1.54, 1.807) is 18.3 Å². The number of hydrogen-bond acceptors (Lipinski definition) is 5. The van der Waals surface area contributed by atoms with Crippen LogP contribution in [0.5, 0.6) is 0 Å². The van der Waals surface area contributed by atoms with Crippen molar-refractivity contribution in [3.63, 3.8) is 0 Å². The van der Waals surface area contributed by atoms with Gasteiger partial charge in [-0.15, -0.1) is 11.3 Å². The van der Waals surface area contributed by atoms with Gasteiger partial charge in [0, 0.05) is 9.75 Å². The molecule has 0 bridgehead atoms. The van der Waals surface area contributed by atoms with Gasteiger partial charge in [-0.2, -0.15) is 4.37 Å². The Kier molecular flexibility index (Phi) is 4.06. The van der Waals surface area contributed by atoms with Crippen molar-refractivity contribution in [1.29, 1.82) is 0 Å². The van der Waals surface area contributed by atoms with Crippen molar-refractivity contribution >= 4 is 33.7 Å². The maximum absolute atomic E-state index is 11.7. The van der Waals surface area contributed by atoms with E-state index < -0.39 is 0 Å². The van der Waals surface area contributed by atoms with Gasteiger partial charge in [0.15, 0.2) is 5.78 Å². The van der Waals surface area contributed by atoms with Gasteiger partial charge in [-0.05, 0) is 57.8 Å².